The highest BCUT2D eigenvalue weighted by Gasteiger charge is 2.75. The second-order valence-corrected chi connectivity index (χ2v) is 11.7. The molecular formula is C29H26Cl2N2O6. The van der Waals surface area contributed by atoms with Crippen LogP contribution in [0.4, 0.5) is 5.69 Å². The monoisotopic (exact) mass is 568 g/mol. The molecule has 2 saturated heterocycles. The van der Waals surface area contributed by atoms with Crippen molar-refractivity contribution in [3.63, 3.8) is 0 Å². The molecule has 10 heteroatoms. The van der Waals surface area contributed by atoms with Gasteiger partial charge in [-0.25, -0.2) is 0 Å². The number of aromatic hydroxyl groups is 1. The van der Waals surface area contributed by atoms with Crippen LogP contribution in [0.25, 0.3) is 0 Å². The summed E-state index contributed by atoms with van der Waals surface area (Å²) in [5.74, 6) is -4.76. The van der Waals surface area contributed by atoms with Crippen LogP contribution >= 0.6 is 23.2 Å². The Hall–Kier alpha value is -3.36. The van der Waals surface area contributed by atoms with Gasteiger partial charge in [0.25, 0.3) is 11.8 Å². The van der Waals surface area contributed by atoms with Crippen molar-refractivity contribution in [2.24, 2.45) is 17.8 Å². The van der Waals surface area contributed by atoms with E-state index in [0.29, 0.717) is 16.8 Å². The van der Waals surface area contributed by atoms with Crippen molar-refractivity contribution in [3.8, 4) is 11.5 Å². The van der Waals surface area contributed by atoms with Crippen LogP contribution in [0, 0.1) is 17.8 Å². The van der Waals surface area contributed by atoms with Crippen molar-refractivity contribution in [2.75, 3.05) is 18.6 Å². The highest BCUT2D eigenvalue weighted by molar-refractivity contribution is 6.53. The third kappa shape index (κ3) is 3.31. The maximum absolute atomic E-state index is 13.9. The normalized spacial score (nSPS) is 33.6. The third-order valence-electron chi connectivity index (χ3n) is 8.65. The summed E-state index contributed by atoms with van der Waals surface area (Å²) >= 11 is 14.3. The molecule has 2 aromatic carbocycles. The molecule has 202 valence electrons. The number of phenolic OH excluding ortho intramolecular Hbond substituents is 1. The van der Waals surface area contributed by atoms with Crippen LogP contribution in [-0.2, 0) is 19.2 Å². The second-order valence-electron chi connectivity index (χ2n) is 10.5. The first-order chi connectivity index (χ1) is 18.6. The van der Waals surface area contributed by atoms with Gasteiger partial charge in [0.2, 0.25) is 11.8 Å². The zero-order valence-electron chi connectivity index (χ0n) is 21.3. The molecule has 4 amide bonds. The molecule has 1 N–H and O–H groups in total. The van der Waals surface area contributed by atoms with E-state index in [2.05, 4.69) is 0 Å². The minimum atomic E-state index is -1.89. The zero-order valence-corrected chi connectivity index (χ0v) is 22.8. The number of ether oxygens (including phenoxy) is 1. The number of fused-ring (bicyclic) bond motifs is 4. The van der Waals surface area contributed by atoms with Gasteiger partial charge in [-0.2, -0.15) is 0 Å². The Morgan fingerprint density at radius 3 is 2.41 bits per heavy atom. The lowest BCUT2D eigenvalue weighted by atomic mass is 9.56. The van der Waals surface area contributed by atoms with Gasteiger partial charge >= 0.3 is 0 Å². The molecule has 6 unspecified atom stereocenters. The number of imide groups is 2. The van der Waals surface area contributed by atoms with Gasteiger partial charge < -0.3 is 9.84 Å². The summed E-state index contributed by atoms with van der Waals surface area (Å²) in [6.07, 6.45) is 2.08. The van der Waals surface area contributed by atoms with Crippen LogP contribution in [0.3, 0.4) is 0 Å². The molecule has 39 heavy (non-hydrogen) atoms. The van der Waals surface area contributed by atoms with Crippen molar-refractivity contribution >= 4 is 52.5 Å². The Bertz CT molecular complexity index is 1460. The number of halogens is 2. The fraction of sp³-hybridized carbons (Fsp3) is 0.379. The van der Waals surface area contributed by atoms with Crippen LogP contribution in [0.15, 0.2) is 60.2 Å². The molecular weight excluding hydrogens is 543 g/mol. The molecule has 2 aromatic rings. The molecule has 2 aliphatic heterocycles. The number of benzene rings is 2. The van der Waals surface area contributed by atoms with Crippen LogP contribution in [-0.4, -0.2) is 57.0 Å². The Kier molecular flexibility index (Phi) is 5.86. The number of rotatable bonds is 4. The number of alkyl halides is 2. The average Bonchev–Trinajstić information content (AvgIpc) is 3.25. The Morgan fingerprint density at radius 1 is 1.00 bits per heavy atom. The summed E-state index contributed by atoms with van der Waals surface area (Å²) in [7, 11) is 1.35. The van der Waals surface area contributed by atoms with Crippen molar-refractivity contribution in [2.45, 2.75) is 35.4 Å². The number of hydrogen-bond acceptors (Lipinski definition) is 6. The first-order valence-electron chi connectivity index (χ1n) is 12.8. The Morgan fingerprint density at radius 2 is 1.72 bits per heavy atom. The zero-order chi connectivity index (χ0) is 27.9. The number of para-hydroxylation sites is 1. The summed E-state index contributed by atoms with van der Waals surface area (Å²) in [6.45, 7) is 2.06. The predicted molar refractivity (Wildman–Crippen MR) is 144 cm³/mol. The minimum Gasteiger partial charge on any atom is -0.504 e. The number of anilines is 1. The number of likely N-dealkylation sites (tertiary alicyclic amines) is 1. The summed E-state index contributed by atoms with van der Waals surface area (Å²) in [4.78, 5) is 53.0. The van der Waals surface area contributed by atoms with Crippen LogP contribution in [0.1, 0.15) is 31.2 Å². The van der Waals surface area contributed by atoms with Gasteiger partial charge in [-0.3, -0.25) is 29.0 Å². The smallest absolute Gasteiger partial charge is 0.253 e. The van der Waals surface area contributed by atoms with Crippen molar-refractivity contribution in [1.29, 1.82) is 0 Å². The highest BCUT2D eigenvalue weighted by atomic mass is 35.5. The van der Waals surface area contributed by atoms with E-state index in [1.807, 2.05) is 6.08 Å². The molecule has 0 aromatic heterocycles. The number of nitrogens with zero attached hydrogens (tertiary/aromatic N) is 2. The molecule has 6 atom stereocenters. The van der Waals surface area contributed by atoms with E-state index in [-0.39, 0.29) is 42.8 Å². The molecule has 0 spiro atoms. The Balaban J connectivity index is 1.52. The first-order valence-corrected chi connectivity index (χ1v) is 13.6. The minimum absolute atomic E-state index is 0.0749. The van der Waals surface area contributed by atoms with Crippen molar-refractivity contribution in [3.05, 3.63) is 65.7 Å². The van der Waals surface area contributed by atoms with Crippen molar-refractivity contribution < 1.29 is 29.0 Å². The lowest BCUT2D eigenvalue weighted by Crippen LogP contribution is -2.60. The molecule has 8 nitrogen and oxygen atoms in total. The molecule has 2 aliphatic carbocycles. The topological polar surface area (TPSA) is 104 Å². The second kappa shape index (κ2) is 8.83. The van der Waals surface area contributed by atoms with Gasteiger partial charge in [0.15, 0.2) is 21.2 Å². The SMILES string of the molecule is CCOc1cc(C2C3=CCC4C(=O)N(c5ccccc5)C(=O)C4C3CC3(Cl)C(=O)N(C)C(=O)C23Cl)ccc1O. The molecule has 6 rings (SSSR count). The fourth-order valence-corrected chi connectivity index (χ4v) is 7.95. The lowest BCUT2D eigenvalue weighted by molar-refractivity contribution is -0.138. The number of hydrogen-bond donors (Lipinski definition) is 1. The highest BCUT2D eigenvalue weighted by Crippen LogP contribution is 2.65. The van der Waals surface area contributed by atoms with E-state index in [4.69, 9.17) is 27.9 Å². The van der Waals surface area contributed by atoms with Gasteiger partial charge in [-0.15, -0.1) is 23.2 Å². The van der Waals surface area contributed by atoms with E-state index in [0.717, 1.165) is 4.90 Å². The van der Waals surface area contributed by atoms with Gasteiger partial charge in [-0.1, -0.05) is 35.9 Å². The molecule has 4 aliphatic rings. The third-order valence-corrected chi connectivity index (χ3v) is 10.1. The quantitative estimate of drug-likeness (QED) is 0.340. The van der Waals surface area contributed by atoms with E-state index in [1.54, 1.807) is 49.4 Å². The molecule has 1 saturated carbocycles. The van der Waals surface area contributed by atoms with Gasteiger partial charge in [0.1, 0.15) is 0 Å². The summed E-state index contributed by atoms with van der Waals surface area (Å²) in [5, 5.41) is 10.3. The fourth-order valence-electron chi connectivity index (χ4n) is 6.93. The van der Waals surface area contributed by atoms with Gasteiger partial charge in [0, 0.05) is 13.0 Å². The van der Waals surface area contributed by atoms with Gasteiger partial charge in [0.05, 0.1) is 24.1 Å². The predicted octanol–water partition coefficient (Wildman–Crippen LogP) is 3.98. The van der Waals surface area contributed by atoms with Gasteiger partial charge in [-0.05, 0) is 55.5 Å². The molecule has 2 heterocycles. The largest absolute Gasteiger partial charge is 0.504 e. The number of phenols is 1. The van der Waals surface area contributed by atoms with Crippen LogP contribution in [0.2, 0.25) is 0 Å². The van der Waals surface area contributed by atoms with Crippen LogP contribution < -0.4 is 9.64 Å². The molecule has 0 radical (unpaired) electrons. The Labute approximate surface area is 235 Å². The number of carbonyl (C=O) groups excluding carboxylic acids is 4. The average molecular weight is 569 g/mol. The van der Waals surface area contributed by atoms with E-state index < -0.39 is 45.2 Å². The summed E-state index contributed by atoms with van der Waals surface area (Å²) in [5.41, 5.74) is 1.68. The maximum atomic E-state index is 13.9. The standard InChI is InChI=1S/C29H26Cl2N2O6/c1-3-39-21-13-15(9-12-20(21)34)23-17-10-11-18-22(25(36)33(24(18)35)16-7-5-4-6-8-16)19(17)14-28(30)26(37)32(2)27(38)29(23,28)31/h4-10,12-13,18-19,22-23,34H,3,11,14H2,1-2H3. The number of amides is 4. The maximum Gasteiger partial charge on any atom is 0.253 e. The number of allylic oxidation sites excluding steroid dienone is 2. The lowest BCUT2D eigenvalue weighted by Gasteiger charge is -2.50. The summed E-state index contributed by atoms with van der Waals surface area (Å²) < 4.78 is 5.59. The van der Waals surface area contributed by atoms with Crippen LogP contribution in [0.5, 0.6) is 11.5 Å². The summed E-state index contributed by atoms with van der Waals surface area (Å²) in [6, 6.07) is 13.4. The van der Waals surface area contributed by atoms with E-state index in [9.17, 15) is 24.3 Å². The molecule has 3 fully saturated rings. The first kappa shape index (κ1) is 25.9. The van der Waals surface area contributed by atoms with E-state index in [1.165, 1.54) is 18.0 Å². The number of carbonyl (C=O) groups is 4. The molecule has 0 bridgehead atoms. The van der Waals surface area contributed by atoms with E-state index >= 15 is 0 Å². The van der Waals surface area contributed by atoms with Crippen molar-refractivity contribution in [1.82, 2.24) is 4.90 Å².